The van der Waals surface area contributed by atoms with Gasteiger partial charge < -0.3 is 9.64 Å². The predicted octanol–water partition coefficient (Wildman–Crippen LogP) is 1.05. The molecular formula is C11H24N2O. The van der Waals surface area contributed by atoms with Gasteiger partial charge in [0.05, 0.1) is 6.61 Å². The van der Waals surface area contributed by atoms with E-state index in [2.05, 4.69) is 30.6 Å². The Morgan fingerprint density at radius 1 is 1.21 bits per heavy atom. The van der Waals surface area contributed by atoms with Gasteiger partial charge in [0.25, 0.3) is 0 Å². The topological polar surface area (TPSA) is 15.7 Å². The van der Waals surface area contributed by atoms with Gasteiger partial charge in [-0.25, -0.2) is 0 Å². The van der Waals surface area contributed by atoms with Gasteiger partial charge in [0, 0.05) is 38.8 Å². The zero-order valence-corrected chi connectivity index (χ0v) is 9.99. The molecule has 2 atom stereocenters. The summed E-state index contributed by atoms with van der Waals surface area (Å²) in [5.41, 5.74) is 0. The summed E-state index contributed by atoms with van der Waals surface area (Å²) < 4.78 is 5.14. The molecule has 1 fully saturated rings. The van der Waals surface area contributed by atoms with E-state index in [0.717, 1.165) is 13.2 Å². The summed E-state index contributed by atoms with van der Waals surface area (Å²) in [5, 5.41) is 0. The maximum Gasteiger partial charge on any atom is 0.0589 e. The molecule has 2 unspecified atom stereocenters. The van der Waals surface area contributed by atoms with Crippen molar-refractivity contribution in [2.45, 2.75) is 32.9 Å². The molecule has 3 nitrogen and oxygen atoms in total. The highest BCUT2D eigenvalue weighted by Gasteiger charge is 2.27. The Labute approximate surface area is 88.0 Å². The largest absolute Gasteiger partial charge is 0.383 e. The van der Waals surface area contributed by atoms with Gasteiger partial charge in [0.1, 0.15) is 0 Å². The van der Waals surface area contributed by atoms with Crippen LogP contribution in [0.25, 0.3) is 0 Å². The number of rotatable bonds is 4. The molecule has 0 saturated carbocycles. The van der Waals surface area contributed by atoms with Gasteiger partial charge in [-0.15, -0.1) is 0 Å². The minimum absolute atomic E-state index is 0.661. The van der Waals surface area contributed by atoms with Crippen molar-refractivity contribution in [3.8, 4) is 0 Å². The number of hydrogen-bond acceptors (Lipinski definition) is 3. The van der Waals surface area contributed by atoms with Crippen LogP contribution < -0.4 is 0 Å². The lowest BCUT2D eigenvalue weighted by atomic mass is 10.1. The van der Waals surface area contributed by atoms with E-state index in [1.54, 1.807) is 7.11 Å². The Balaban J connectivity index is 2.43. The quantitative estimate of drug-likeness (QED) is 0.674. The molecule has 0 bridgehead atoms. The molecule has 0 aromatic heterocycles. The van der Waals surface area contributed by atoms with Crippen LogP contribution in [0.5, 0.6) is 0 Å². The summed E-state index contributed by atoms with van der Waals surface area (Å²) in [5.74, 6) is 0. The fraction of sp³-hybridized carbons (Fsp3) is 1.00. The van der Waals surface area contributed by atoms with Gasteiger partial charge in [-0.2, -0.15) is 0 Å². The molecule has 0 amide bonds. The molecular weight excluding hydrogens is 176 g/mol. The maximum absolute atomic E-state index is 5.14. The van der Waals surface area contributed by atoms with Crippen molar-refractivity contribution < 1.29 is 4.74 Å². The molecule has 14 heavy (non-hydrogen) atoms. The summed E-state index contributed by atoms with van der Waals surface area (Å²) in [4.78, 5) is 5.08. The first-order valence-electron chi connectivity index (χ1n) is 5.66. The molecule has 0 spiro atoms. The van der Waals surface area contributed by atoms with E-state index in [1.807, 2.05) is 0 Å². The molecule has 0 aliphatic carbocycles. The number of likely N-dealkylation sites (N-methyl/N-ethyl adjacent to an activating group) is 1. The summed E-state index contributed by atoms with van der Waals surface area (Å²) in [6.07, 6.45) is 0. The number of nitrogens with zero attached hydrogens (tertiary/aromatic N) is 2. The van der Waals surface area contributed by atoms with Gasteiger partial charge in [0.15, 0.2) is 0 Å². The Hall–Kier alpha value is -0.120. The maximum atomic E-state index is 5.14. The van der Waals surface area contributed by atoms with Crippen molar-refractivity contribution in [2.24, 2.45) is 0 Å². The molecule has 1 aliphatic heterocycles. The Bertz CT molecular complexity index is 151. The molecule has 0 aromatic rings. The van der Waals surface area contributed by atoms with Crippen LogP contribution in [0.4, 0.5) is 0 Å². The van der Waals surface area contributed by atoms with Crippen molar-refractivity contribution in [3.63, 3.8) is 0 Å². The Kier molecular flexibility index (Phi) is 4.85. The lowest BCUT2D eigenvalue weighted by molar-refractivity contribution is 0.0232. The molecule has 1 aliphatic rings. The van der Waals surface area contributed by atoms with E-state index in [0.29, 0.717) is 12.1 Å². The molecule has 0 radical (unpaired) electrons. The molecule has 1 saturated heterocycles. The van der Waals surface area contributed by atoms with Crippen molar-refractivity contribution in [3.05, 3.63) is 0 Å². The molecule has 1 heterocycles. The number of ether oxygens (including phenoxy) is 1. The highest BCUT2D eigenvalue weighted by atomic mass is 16.5. The van der Waals surface area contributed by atoms with Gasteiger partial charge in [-0.1, -0.05) is 6.92 Å². The van der Waals surface area contributed by atoms with Crippen molar-refractivity contribution >= 4 is 0 Å². The third kappa shape index (κ3) is 2.94. The highest BCUT2D eigenvalue weighted by molar-refractivity contribution is 4.84. The summed E-state index contributed by atoms with van der Waals surface area (Å²) >= 11 is 0. The molecule has 84 valence electrons. The van der Waals surface area contributed by atoms with Crippen molar-refractivity contribution in [2.75, 3.05) is 39.9 Å². The van der Waals surface area contributed by atoms with Crippen molar-refractivity contribution in [1.29, 1.82) is 0 Å². The van der Waals surface area contributed by atoms with Crippen LogP contribution >= 0.6 is 0 Å². The first kappa shape index (κ1) is 12.0. The first-order chi connectivity index (χ1) is 6.69. The minimum Gasteiger partial charge on any atom is -0.383 e. The van der Waals surface area contributed by atoms with E-state index >= 15 is 0 Å². The van der Waals surface area contributed by atoms with E-state index < -0.39 is 0 Å². The van der Waals surface area contributed by atoms with Gasteiger partial charge in [-0.05, 0) is 20.4 Å². The van der Waals surface area contributed by atoms with Crippen molar-refractivity contribution in [1.82, 2.24) is 9.80 Å². The zero-order valence-electron chi connectivity index (χ0n) is 9.99. The highest BCUT2D eigenvalue weighted by Crippen LogP contribution is 2.14. The van der Waals surface area contributed by atoms with E-state index in [9.17, 15) is 0 Å². The second-order valence-corrected chi connectivity index (χ2v) is 4.28. The number of piperazine rings is 1. The van der Waals surface area contributed by atoms with E-state index in [1.165, 1.54) is 19.6 Å². The van der Waals surface area contributed by atoms with Gasteiger partial charge >= 0.3 is 0 Å². The second-order valence-electron chi connectivity index (χ2n) is 4.28. The predicted molar refractivity (Wildman–Crippen MR) is 59.6 cm³/mol. The fourth-order valence-electron chi connectivity index (χ4n) is 2.36. The molecule has 0 N–H and O–H groups in total. The average Bonchev–Trinajstić information content (AvgIpc) is 2.16. The third-order valence-electron chi connectivity index (χ3n) is 3.18. The molecule has 3 heteroatoms. The van der Waals surface area contributed by atoms with Crippen LogP contribution in [0, 0.1) is 0 Å². The van der Waals surface area contributed by atoms with Crippen LogP contribution in [0.3, 0.4) is 0 Å². The van der Waals surface area contributed by atoms with Crippen LogP contribution in [-0.4, -0.2) is 61.8 Å². The standard InChI is InChI=1S/C11H24N2O/c1-5-12-8-10(2)13(6-7-14-4)11(3)9-12/h10-11H,5-9H2,1-4H3. The molecule has 1 rings (SSSR count). The Morgan fingerprint density at radius 3 is 2.21 bits per heavy atom. The lowest BCUT2D eigenvalue weighted by Gasteiger charge is -2.44. The Morgan fingerprint density at radius 2 is 1.79 bits per heavy atom. The number of hydrogen-bond donors (Lipinski definition) is 0. The zero-order chi connectivity index (χ0) is 10.6. The smallest absolute Gasteiger partial charge is 0.0589 e. The monoisotopic (exact) mass is 200 g/mol. The number of methoxy groups -OCH3 is 1. The molecule has 0 aromatic carbocycles. The summed E-state index contributed by atoms with van der Waals surface area (Å²) in [6, 6.07) is 1.32. The van der Waals surface area contributed by atoms with Gasteiger partial charge in [0.2, 0.25) is 0 Å². The van der Waals surface area contributed by atoms with E-state index in [-0.39, 0.29) is 0 Å². The normalized spacial score (nSPS) is 30.9. The lowest BCUT2D eigenvalue weighted by Crippen LogP contribution is -2.57. The van der Waals surface area contributed by atoms with Crippen LogP contribution in [0.2, 0.25) is 0 Å². The third-order valence-corrected chi connectivity index (χ3v) is 3.18. The minimum atomic E-state index is 0.661. The summed E-state index contributed by atoms with van der Waals surface area (Å²) in [6.45, 7) is 12.4. The second kappa shape index (κ2) is 5.69. The average molecular weight is 200 g/mol. The van der Waals surface area contributed by atoms with Crippen LogP contribution in [0.15, 0.2) is 0 Å². The van der Waals surface area contributed by atoms with Gasteiger partial charge in [-0.3, -0.25) is 4.90 Å². The van der Waals surface area contributed by atoms with E-state index in [4.69, 9.17) is 4.74 Å². The fourth-order valence-corrected chi connectivity index (χ4v) is 2.36. The van der Waals surface area contributed by atoms with Crippen LogP contribution in [-0.2, 0) is 4.74 Å². The van der Waals surface area contributed by atoms with Crippen LogP contribution in [0.1, 0.15) is 20.8 Å². The first-order valence-corrected chi connectivity index (χ1v) is 5.66. The summed E-state index contributed by atoms with van der Waals surface area (Å²) in [7, 11) is 1.78. The SMILES string of the molecule is CCN1CC(C)N(CCOC)C(C)C1.